The maximum absolute atomic E-state index is 15.8. The maximum atomic E-state index is 15.8. The first-order chi connectivity index (χ1) is 29.9. The van der Waals surface area contributed by atoms with Crippen LogP contribution >= 0.6 is 0 Å². The number of carbonyl (C=O) groups excluding carboxylic acids is 2. The molecule has 2 saturated heterocycles. The Kier molecular flexibility index (Phi) is 12.5. The van der Waals surface area contributed by atoms with Crippen LogP contribution in [0.15, 0.2) is 85.5 Å². The van der Waals surface area contributed by atoms with Gasteiger partial charge >= 0.3 is 6.09 Å². The number of imidazole rings is 1. The molecule has 2 fully saturated rings. The van der Waals surface area contributed by atoms with Gasteiger partial charge in [-0.05, 0) is 113 Å². The summed E-state index contributed by atoms with van der Waals surface area (Å²) in [5, 5.41) is 14.4. The van der Waals surface area contributed by atoms with E-state index < -0.39 is 17.2 Å². The molecule has 0 radical (unpaired) electrons. The van der Waals surface area contributed by atoms with Crippen LogP contribution in [0.5, 0.6) is 11.6 Å². The summed E-state index contributed by atoms with van der Waals surface area (Å²) in [4.78, 5) is 39.3. The number of piperidine rings is 1. The molecule has 1 unspecified atom stereocenters. The van der Waals surface area contributed by atoms with Crippen molar-refractivity contribution in [2.24, 2.45) is 11.8 Å². The van der Waals surface area contributed by atoms with Gasteiger partial charge < -0.3 is 29.9 Å². The van der Waals surface area contributed by atoms with Gasteiger partial charge in [0.05, 0.1) is 18.4 Å². The van der Waals surface area contributed by atoms with Crippen LogP contribution in [0.2, 0.25) is 0 Å². The lowest BCUT2D eigenvalue weighted by atomic mass is 9.95. The van der Waals surface area contributed by atoms with Crippen molar-refractivity contribution in [1.29, 1.82) is 0 Å². The molecular weight excluding hydrogens is 795 g/mol. The highest BCUT2D eigenvalue weighted by atomic mass is 19.2. The van der Waals surface area contributed by atoms with Crippen LogP contribution in [-0.4, -0.2) is 96.0 Å². The van der Waals surface area contributed by atoms with Crippen molar-refractivity contribution >= 4 is 29.2 Å². The lowest BCUT2D eigenvalue weighted by Gasteiger charge is -2.33. The molecule has 2 aliphatic heterocycles. The number of aryl methyl sites for hydroxylation is 1. The number of nitrogens with one attached hydrogen (secondary N) is 2. The Labute approximate surface area is 359 Å². The minimum atomic E-state index is -1.16. The van der Waals surface area contributed by atoms with Gasteiger partial charge in [-0.15, -0.1) is 5.10 Å². The maximum Gasteiger partial charge on any atom is 0.410 e. The summed E-state index contributed by atoms with van der Waals surface area (Å²) in [6.45, 7) is 13.0. The fourth-order valence-corrected chi connectivity index (χ4v) is 8.19. The highest BCUT2D eigenvalue weighted by Crippen LogP contribution is 2.34. The summed E-state index contributed by atoms with van der Waals surface area (Å²) in [6, 6.07) is 17.9. The molecular formula is C46H52F2N10O4. The third kappa shape index (κ3) is 9.70. The molecule has 324 valence electrons. The molecule has 5 heterocycles. The summed E-state index contributed by atoms with van der Waals surface area (Å²) in [5.41, 5.74) is 3.33. The second-order valence-corrected chi connectivity index (χ2v) is 17.1. The van der Waals surface area contributed by atoms with E-state index in [0.29, 0.717) is 59.8 Å². The zero-order chi connectivity index (χ0) is 43.4. The van der Waals surface area contributed by atoms with Gasteiger partial charge in [0.1, 0.15) is 11.8 Å². The zero-order valence-electron chi connectivity index (χ0n) is 35.5. The number of ether oxygens (including phenoxy) is 2. The number of hydrogen-bond acceptors (Lipinski definition) is 10. The predicted molar refractivity (Wildman–Crippen MR) is 230 cm³/mol. The van der Waals surface area contributed by atoms with E-state index in [1.54, 1.807) is 16.8 Å². The van der Waals surface area contributed by atoms with Crippen molar-refractivity contribution in [3.63, 3.8) is 0 Å². The number of benzene rings is 3. The first-order valence-electron chi connectivity index (χ1n) is 21.2. The van der Waals surface area contributed by atoms with E-state index in [2.05, 4.69) is 35.8 Å². The van der Waals surface area contributed by atoms with Crippen LogP contribution in [0, 0.1) is 23.5 Å². The Morgan fingerprint density at radius 2 is 1.71 bits per heavy atom. The first-order valence-corrected chi connectivity index (χ1v) is 21.2. The molecule has 2 aliphatic rings. The Bertz CT molecular complexity index is 2530. The van der Waals surface area contributed by atoms with Crippen LogP contribution in [-0.2, 0) is 17.7 Å². The zero-order valence-corrected chi connectivity index (χ0v) is 35.5. The second-order valence-electron chi connectivity index (χ2n) is 17.1. The van der Waals surface area contributed by atoms with E-state index >= 15 is 8.78 Å². The molecule has 62 heavy (non-hydrogen) atoms. The monoisotopic (exact) mass is 846 g/mol. The number of anilines is 2. The van der Waals surface area contributed by atoms with Crippen molar-refractivity contribution in [1.82, 2.24) is 44.5 Å². The fraction of sp³-hybridized carbons (Fsp3) is 0.391. The molecule has 3 aromatic heterocycles. The summed E-state index contributed by atoms with van der Waals surface area (Å²) >= 11 is 0. The van der Waals surface area contributed by atoms with E-state index in [9.17, 15) is 9.59 Å². The predicted octanol–water partition coefficient (Wildman–Crippen LogP) is 8.11. The van der Waals surface area contributed by atoms with Gasteiger partial charge in [0.25, 0.3) is 5.91 Å². The second kappa shape index (κ2) is 18.3. The quantitative estimate of drug-likeness (QED) is 0.117. The van der Waals surface area contributed by atoms with Crippen molar-refractivity contribution < 1.29 is 27.8 Å². The van der Waals surface area contributed by atoms with Gasteiger partial charge in [-0.1, -0.05) is 42.5 Å². The molecule has 3 aromatic carbocycles. The highest BCUT2D eigenvalue weighted by Gasteiger charge is 2.32. The number of aromatic nitrogens is 6. The molecule has 16 heteroatoms. The number of nitrogens with zero attached hydrogens (tertiary/aromatic N) is 8. The molecule has 2 N–H and O–H groups in total. The van der Waals surface area contributed by atoms with Crippen molar-refractivity contribution in [3.8, 4) is 22.9 Å². The topological polar surface area (TPSA) is 144 Å². The van der Waals surface area contributed by atoms with E-state index in [-0.39, 0.29) is 29.2 Å². The van der Waals surface area contributed by atoms with Crippen molar-refractivity contribution in [2.45, 2.75) is 65.5 Å². The molecule has 8 rings (SSSR count). The lowest BCUT2D eigenvalue weighted by molar-refractivity contribution is 0.0283. The average molecular weight is 847 g/mol. The lowest BCUT2D eigenvalue weighted by Crippen LogP contribution is -2.41. The van der Waals surface area contributed by atoms with Crippen LogP contribution in [0.1, 0.15) is 68.4 Å². The summed E-state index contributed by atoms with van der Waals surface area (Å²) in [7, 11) is 0. The number of halogens is 2. The fourth-order valence-electron chi connectivity index (χ4n) is 8.19. The molecule has 0 saturated carbocycles. The Morgan fingerprint density at radius 3 is 2.48 bits per heavy atom. The van der Waals surface area contributed by atoms with Crippen LogP contribution < -0.4 is 15.4 Å². The van der Waals surface area contributed by atoms with Crippen LogP contribution in [0.3, 0.4) is 0 Å². The normalized spacial score (nSPS) is 16.2. The molecule has 1 atom stereocenters. The first kappa shape index (κ1) is 42.3. The number of rotatable bonds is 13. The molecule has 2 amide bonds. The molecule has 0 bridgehead atoms. The van der Waals surface area contributed by atoms with Crippen LogP contribution in [0.4, 0.5) is 25.1 Å². The summed E-state index contributed by atoms with van der Waals surface area (Å²) in [6.07, 6.45) is 9.38. The summed E-state index contributed by atoms with van der Waals surface area (Å²) < 4.78 is 45.7. The third-order valence-electron chi connectivity index (χ3n) is 11.4. The summed E-state index contributed by atoms with van der Waals surface area (Å²) in [5.74, 6) is -1.28. The number of hydrogen-bond donors (Lipinski definition) is 2. The highest BCUT2D eigenvalue weighted by molar-refractivity contribution is 5.96. The number of carbonyl (C=O) groups is 2. The third-order valence-corrected chi connectivity index (χ3v) is 11.4. The van der Waals surface area contributed by atoms with Gasteiger partial charge in [-0.3, -0.25) is 9.20 Å². The molecule has 14 nitrogen and oxygen atoms in total. The minimum Gasteiger partial charge on any atom is -0.444 e. The smallest absolute Gasteiger partial charge is 0.410 e. The number of likely N-dealkylation sites (tertiary alicyclic amines) is 2. The van der Waals surface area contributed by atoms with Gasteiger partial charge in [-0.2, -0.15) is 4.39 Å². The largest absolute Gasteiger partial charge is 0.444 e. The van der Waals surface area contributed by atoms with E-state index in [1.165, 1.54) is 29.2 Å². The number of fused-ring (bicyclic) bond motifs is 1. The SMILES string of the molecule is CCc1cc(Nc2nccn3c(-c4ccc(Oc5cnnn5Cc5ccccc5)c(F)c4F)cnc23)ccc1C(=O)NCC1CCN(CC2CCN(C(=O)OC(C)(C)C)C2)CC1. The molecule has 6 aromatic rings. The van der Waals surface area contributed by atoms with Crippen LogP contribution in [0.25, 0.3) is 16.9 Å². The van der Waals surface area contributed by atoms with E-state index in [1.807, 2.05) is 81.1 Å². The standard InChI is InChI=1S/C46H52F2N10O4/c1-5-33-23-34(11-12-35(33)44(59)51-24-30-15-19-55(20-16-30)27-32-17-21-56(28-32)45(60)62-46(2,3)4)53-42-43-50-25-37(57(43)22-18-49-42)36-13-14-38(41(48)40(36)47)61-39-26-52-54-58(39)29-31-9-7-6-8-10-31/h6-14,18,22-23,25-26,30,32H,5,15-17,19-21,24,27-29H2,1-4H3,(H,49,53)(H,51,59). The Morgan fingerprint density at radius 1 is 0.919 bits per heavy atom. The average Bonchev–Trinajstić information content (AvgIpc) is 4.03. The van der Waals surface area contributed by atoms with Gasteiger partial charge in [0.15, 0.2) is 23.0 Å². The molecule has 0 aliphatic carbocycles. The Hall–Kier alpha value is -6.42. The Balaban J connectivity index is 0.863. The minimum absolute atomic E-state index is 0.0122. The van der Waals surface area contributed by atoms with Gasteiger partial charge in [-0.25, -0.2) is 23.8 Å². The van der Waals surface area contributed by atoms with Gasteiger partial charge in [0.2, 0.25) is 11.7 Å². The molecule has 0 spiro atoms. The number of amides is 2. The van der Waals surface area contributed by atoms with Gasteiger partial charge in [0, 0.05) is 55.4 Å². The van der Waals surface area contributed by atoms with E-state index in [4.69, 9.17) is 9.47 Å². The van der Waals surface area contributed by atoms with Crippen molar-refractivity contribution in [2.75, 3.05) is 44.6 Å². The van der Waals surface area contributed by atoms with E-state index in [0.717, 1.165) is 63.1 Å². The van der Waals surface area contributed by atoms with Crippen molar-refractivity contribution in [3.05, 3.63) is 114 Å².